The molecular weight excluding hydrogens is 304 g/mol. The van der Waals surface area contributed by atoms with E-state index in [1.165, 1.54) is 0 Å². The van der Waals surface area contributed by atoms with E-state index in [9.17, 15) is 9.00 Å². The second kappa shape index (κ2) is 6.16. The number of benzene rings is 1. The molecule has 0 saturated carbocycles. The summed E-state index contributed by atoms with van der Waals surface area (Å²) in [6, 6.07) is 5.04. The molecule has 94 valence electrons. The van der Waals surface area contributed by atoms with Gasteiger partial charge in [-0.3, -0.25) is 9.00 Å². The van der Waals surface area contributed by atoms with Gasteiger partial charge in [0.2, 0.25) is 0 Å². The van der Waals surface area contributed by atoms with Gasteiger partial charge >= 0.3 is 0 Å². The van der Waals surface area contributed by atoms with Crippen molar-refractivity contribution in [2.45, 2.75) is 12.2 Å². The number of hydrogen-bond donors (Lipinski definition) is 2. The fraction of sp³-hybridized carbons (Fsp3) is 0.364. The molecule has 0 radical (unpaired) electrons. The molecule has 6 heteroatoms. The van der Waals surface area contributed by atoms with Crippen LogP contribution < -0.4 is 11.1 Å². The molecule has 2 atom stereocenters. The van der Waals surface area contributed by atoms with Crippen LogP contribution in [0.3, 0.4) is 0 Å². The third kappa shape index (κ3) is 4.12. The number of hydrogen-bond acceptors (Lipinski definition) is 3. The molecule has 0 aromatic heterocycles. The first-order valence-corrected chi connectivity index (χ1v) is 7.48. The van der Waals surface area contributed by atoms with Crippen LogP contribution in [0.2, 0.25) is 0 Å². The van der Waals surface area contributed by atoms with Crippen molar-refractivity contribution < 1.29 is 9.00 Å². The van der Waals surface area contributed by atoms with Crippen LogP contribution in [0.4, 0.5) is 5.69 Å². The average Bonchev–Trinajstić information content (AvgIpc) is 2.28. The van der Waals surface area contributed by atoms with E-state index in [1.54, 1.807) is 24.5 Å². The lowest BCUT2D eigenvalue weighted by molar-refractivity contribution is 0.0953. The van der Waals surface area contributed by atoms with E-state index in [0.29, 0.717) is 22.3 Å². The molecule has 0 aliphatic rings. The van der Waals surface area contributed by atoms with Gasteiger partial charge in [0.1, 0.15) is 0 Å². The maximum atomic E-state index is 11.8. The second-order valence-corrected chi connectivity index (χ2v) is 6.41. The van der Waals surface area contributed by atoms with Gasteiger partial charge in [0.25, 0.3) is 5.91 Å². The van der Waals surface area contributed by atoms with Crippen LogP contribution in [0.25, 0.3) is 0 Å². The number of nitrogen functional groups attached to an aromatic ring is 1. The largest absolute Gasteiger partial charge is 0.399 e. The Morgan fingerprint density at radius 1 is 1.59 bits per heavy atom. The van der Waals surface area contributed by atoms with Gasteiger partial charge in [-0.2, -0.15) is 0 Å². The van der Waals surface area contributed by atoms with Gasteiger partial charge < -0.3 is 11.1 Å². The summed E-state index contributed by atoms with van der Waals surface area (Å²) in [7, 11) is -0.944. The fourth-order valence-corrected chi connectivity index (χ4v) is 1.91. The number of amides is 1. The van der Waals surface area contributed by atoms with Gasteiger partial charge in [0.05, 0.1) is 5.56 Å². The minimum absolute atomic E-state index is 0.0706. The quantitative estimate of drug-likeness (QED) is 0.827. The summed E-state index contributed by atoms with van der Waals surface area (Å²) < 4.78 is 11.8. The molecule has 1 amide bonds. The first-order valence-electron chi connectivity index (χ1n) is 5.07. The van der Waals surface area contributed by atoms with Crippen LogP contribution in [-0.4, -0.2) is 28.2 Å². The van der Waals surface area contributed by atoms with Crippen LogP contribution in [0, 0.1) is 0 Å². The second-order valence-electron chi connectivity index (χ2n) is 3.76. The summed E-state index contributed by atoms with van der Waals surface area (Å²) >= 11 is 3.29. The van der Waals surface area contributed by atoms with E-state index in [-0.39, 0.29) is 11.2 Å². The zero-order valence-electron chi connectivity index (χ0n) is 9.70. The van der Waals surface area contributed by atoms with Crippen LogP contribution in [0.5, 0.6) is 0 Å². The van der Waals surface area contributed by atoms with Gasteiger partial charge in [-0.15, -0.1) is 0 Å². The number of anilines is 1. The number of rotatable bonds is 4. The third-order valence-electron chi connectivity index (χ3n) is 2.35. The highest BCUT2D eigenvalue weighted by Gasteiger charge is 2.12. The highest BCUT2D eigenvalue weighted by atomic mass is 79.9. The van der Waals surface area contributed by atoms with Gasteiger partial charge in [-0.1, -0.05) is 0 Å². The van der Waals surface area contributed by atoms with Crippen molar-refractivity contribution in [2.24, 2.45) is 0 Å². The van der Waals surface area contributed by atoms with Crippen LogP contribution in [0.15, 0.2) is 22.7 Å². The maximum Gasteiger partial charge on any atom is 0.252 e. The summed E-state index contributed by atoms with van der Waals surface area (Å²) in [6.45, 7) is 2.20. The van der Waals surface area contributed by atoms with E-state index in [1.807, 2.05) is 6.92 Å². The normalized spacial score (nSPS) is 14.1. The lowest BCUT2D eigenvalue weighted by atomic mass is 10.2. The molecule has 3 N–H and O–H groups in total. The molecule has 0 heterocycles. The number of carbonyl (C=O) groups excluding carboxylic acids is 1. The van der Waals surface area contributed by atoms with E-state index < -0.39 is 10.8 Å². The Labute approximate surface area is 112 Å². The summed E-state index contributed by atoms with van der Waals surface area (Å²) in [5.41, 5.74) is 6.64. The van der Waals surface area contributed by atoms with Crippen molar-refractivity contribution in [3.05, 3.63) is 28.2 Å². The Hall–Kier alpha value is -0.880. The molecule has 0 saturated heterocycles. The number of halogens is 1. The third-order valence-corrected chi connectivity index (χ3v) is 4.34. The fourth-order valence-electron chi connectivity index (χ4n) is 1.17. The Morgan fingerprint density at radius 2 is 2.24 bits per heavy atom. The number of carbonyl (C=O) groups is 1. The maximum absolute atomic E-state index is 11.8. The molecular formula is C11H15BrN2O2S. The van der Waals surface area contributed by atoms with Crippen LogP contribution in [0.1, 0.15) is 17.3 Å². The highest BCUT2D eigenvalue weighted by Crippen LogP contribution is 2.19. The minimum Gasteiger partial charge on any atom is -0.399 e. The summed E-state index contributed by atoms with van der Waals surface area (Å²) in [4.78, 5) is 11.8. The summed E-state index contributed by atoms with van der Waals surface area (Å²) in [5, 5.41) is 2.66. The van der Waals surface area contributed by atoms with Gasteiger partial charge in [0, 0.05) is 39.0 Å². The van der Waals surface area contributed by atoms with Crippen LogP contribution >= 0.6 is 15.9 Å². The van der Waals surface area contributed by atoms with Crippen molar-refractivity contribution in [3.63, 3.8) is 0 Å². The van der Waals surface area contributed by atoms with Gasteiger partial charge in [-0.25, -0.2) is 0 Å². The predicted octanol–water partition coefficient (Wildman–Crippen LogP) is 1.53. The monoisotopic (exact) mass is 318 g/mol. The molecule has 4 nitrogen and oxygen atoms in total. The molecule has 0 bridgehead atoms. The van der Waals surface area contributed by atoms with E-state index in [0.717, 1.165) is 0 Å². The molecule has 0 aliphatic heterocycles. The van der Waals surface area contributed by atoms with Crippen molar-refractivity contribution >= 4 is 38.3 Å². The topological polar surface area (TPSA) is 72.2 Å². The molecule has 0 spiro atoms. The molecule has 1 aromatic rings. The van der Waals surface area contributed by atoms with E-state index in [4.69, 9.17) is 5.73 Å². The predicted molar refractivity (Wildman–Crippen MR) is 74.4 cm³/mol. The molecule has 1 aromatic carbocycles. The molecule has 1 rings (SSSR count). The first kappa shape index (κ1) is 14.2. The Morgan fingerprint density at radius 3 is 2.82 bits per heavy atom. The first-order chi connectivity index (χ1) is 7.91. The Balaban J connectivity index is 2.70. The average molecular weight is 319 g/mol. The van der Waals surface area contributed by atoms with Crippen molar-refractivity contribution in [3.8, 4) is 0 Å². The summed E-state index contributed by atoms with van der Waals surface area (Å²) in [6.07, 6.45) is 1.62. The highest BCUT2D eigenvalue weighted by molar-refractivity contribution is 9.10. The Kier molecular flexibility index (Phi) is 5.14. The molecule has 2 unspecified atom stereocenters. The SMILES string of the molecule is CC(CNC(=O)c1cc(N)ccc1Br)S(C)=O. The Bertz CT molecular complexity index is 451. The van der Waals surface area contributed by atoms with Crippen molar-refractivity contribution in [1.29, 1.82) is 0 Å². The molecule has 0 fully saturated rings. The van der Waals surface area contributed by atoms with Gasteiger partial charge in [0.15, 0.2) is 0 Å². The van der Waals surface area contributed by atoms with Crippen molar-refractivity contribution in [2.75, 3.05) is 18.5 Å². The lowest BCUT2D eigenvalue weighted by Gasteiger charge is -2.11. The lowest BCUT2D eigenvalue weighted by Crippen LogP contribution is -2.32. The van der Waals surface area contributed by atoms with Crippen LogP contribution in [-0.2, 0) is 10.8 Å². The number of nitrogens with one attached hydrogen (secondary N) is 1. The van der Waals surface area contributed by atoms with E-state index in [2.05, 4.69) is 21.2 Å². The molecule has 17 heavy (non-hydrogen) atoms. The zero-order chi connectivity index (χ0) is 13.0. The molecule has 0 aliphatic carbocycles. The number of nitrogens with two attached hydrogens (primary N) is 1. The minimum atomic E-state index is -0.944. The standard InChI is InChI=1S/C11H15BrN2O2S/c1-7(17(2)16)6-14-11(15)9-5-8(13)3-4-10(9)12/h3-5,7H,6,13H2,1-2H3,(H,14,15). The van der Waals surface area contributed by atoms with E-state index >= 15 is 0 Å². The smallest absolute Gasteiger partial charge is 0.252 e. The van der Waals surface area contributed by atoms with Crippen molar-refractivity contribution in [1.82, 2.24) is 5.32 Å². The zero-order valence-corrected chi connectivity index (χ0v) is 12.1. The summed E-state index contributed by atoms with van der Waals surface area (Å²) in [5.74, 6) is -0.221. The van der Waals surface area contributed by atoms with Gasteiger partial charge in [-0.05, 0) is 41.1 Å².